The molecule has 1 atom stereocenters. The van der Waals surface area contributed by atoms with Gasteiger partial charge in [0.05, 0.1) is 0 Å². The van der Waals surface area contributed by atoms with Gasteiger partial charge in [0.15, 0.2) is 0 Å². The number of rotatable bonds is 0. The summed E-state index contributed by atoms with van der Waals surface area (Å²) in [6.45, 7) is 1.90. The van der Waals surface area contributed by atoms with Crippen LogP contribution < -0.4 is 0 Å². The fourth-order valence-corrected chi connectivity index (χ4v) is 1.47. The topological polar surface area (TPSA) is 26.3 Å². The van der Waals surface area contributed by atoms with E-state index < -0.39 is 0 Å². The van der Waals surface area contributed by atoms with E-state index in [1.54, 1.807) is 0 Å². The summed E-state index contributed by atoms with van der Waals surface area (Å²) < 4.78 is 5.18. The molecule has 0 saturated carbocycles. The second kappa shape index (κ2) is 6.48. The van der Waals surface area contributed by atoms with Gasteiger partial charge in [0.25, 0.3) is 0 Å². The monoisotopic (exact) mass is 194 g/mol. The fraction of sp³-hybridized carbons (Fsp3) is 0.750. The van der Waals surface area contributed by atoms with Crippen molar-refractivity contribution in [2.45, 2.75) is 58.0 Å². The first-order chi connectivity index (χ1) is 6.79. The molecule has 0 spiro atoms. The van der Waals surface area contributed by atoms with Crippen LogP contribution in [0.1, 0.15) is 51.9 Å². The maximum Gasteiger partial charge on any atom is 0.306 e. The SMILES string of the molecule is CC1CC#CCCCCCCC(=O)O1. The second-order valence-corrected chi connectivity index (χ2v) is 3.77. The molecule has 0 bridgehead atoms. The molecule has 1 unspecified atom stereocenters. The largest absolute Gasteiger partial charge is 0.462 e. The van der Waals surface area contributed by atoms with Gasteiger partial charge >= 0.3 is 5.97 Å². The minimum absolute atomic E-state index is 0.0468. The molecule has 1 aliphatic rings. The molecule has 0 radical (unpaired) electrons. The third kappa shape index (κ3) is 4.91. The quantitative estimate of drug-likeness (QED) is 0.438. The molecule has 0 fully saturated rings. The molecule has 0 aromatic carbocycles. The minimum atomic E-state index is -0.0696. The van der Waals surface area contributed by atoms with Crippen molar-refractivity contribution in [2.75, 3.05) is 0 Å². The summed E-state index contributed by atoms with van der Waals surface area (Å²) in [5.74, 6) is 6.08. The van der Waals surface area contributed by atoms with Crippen molar-refractivity contribution >= 4 is 5.97 Å². The van der Waals surface area contributed by atoms with Gasteiger partial charge in [-0.1, -0.05) is 18.8 Å². The fourth-order valence-electron chi connectivity index (χ4n) is 1.47. The summed E-state index contributed by atoms with van der Waals surface area (Å²) in [5, 5.41) is 0. The van der Waals surface area contributed by atoms with Crippen LogP contribution >= 0.6 is 0 Å². The molecule has 1 heterocycles. The Kier molecular flexibility index (Phi) is 5.14. The summed E-state index contributed by atoms with van der Waals surface area (Å²) >= 11 is 0. The van der Waals surface area contributed by atoms with E-state index in [0.717, 1.165) is 25.7 Å². The summed E-state index contributed by atoms with van der Waals surface area (Å²) in [6, 6.07) is 0. The highest BCUT2D eigenvalue weighted by Gasteiger charge is 2.08. The summed E-state index contributed by atoms with van der Waals surface area (Å²) in [5.41, 5.74) is 0. The first-order valence-corrected chi connectivity index (χ1v) is 5.44. The molecular weight excluding hydrogens is 176 g/mol. The Morgan fingerprint density at radius 2 is 2.00 bits per heavy atom. The van der Waals surface area contributed by atoms with Crippen molar-refractivity contribution < 1.29 is 9.53 Å². The maximum atomic E-state index is 11.2. The number of carbonyl (C=O) groups is 1. The Morgan fingerprint density at radius 3 is 2.86 bits per heavy atom. The molecule has 0 aromatic heterocycles. The van der Waals surface area contributed by atoms with Crippen molar-refractivity contribution in [1.82, 2.24) is 0 Å². The van der Waals surface area contributed by atoms with E-state index in [1.807, 2.05) is 6.92 Å². The van der Waals surface area contributed by atoms with Crippen LogP contribution in [0.5, 0.6) is 0 Å². The summed E-state index contributed by atoms with van der Waals surface area (Å²) in [4.78, 5) is 11.2. The number of ether oxygens (including phenoxy) is 1. The van der Waals surface area contributed by atoms with E-state index in [0.29, 0.717) is 12.8 Å². The Labute approximate surface area is 86.0 Å². The molecular formula is C12H18O2. The highest BCUT2D eigenvalue weighted by Crippen LogP contribution is 2.08. The lowest BCUT2D eigenvalue weighted by Crippen LogP contribution is -2.14. The zero-order chi connectivity index (χ0) is 10.2. The standard InChI is InChI=1S/C12H18O2/c1-11-9-7-5-3-2-4-6-8-10-12(13)14-11/h11H,2-4,6,8-10H2,1H3. The predicted octanol–water partition coefficient (Wildman–Crippen LogP) is 2.67. The summed E-state index contributed by atoms with van der Waals surface area (Å²) in [6.07, 6.45) is 6.59. The molecule has 1 aliphatic heterocycles. The zero-order valence-electron chi connectivity index (χ0n) is 8.84. The summed E-state index contributed by atoms with van der Waals surface area (Å²) in [7, 11) is 0. The van der Waals surface area contributed by atoms with Crippen molar-refractivity contribution in [1.29, 1.82) is 0 Å². The van der Waals surface area contributed by atoms with Crippen molar-refractivity contribution in [3.63, 3.8) is 0 Å². The van der Waals surface area contributed by atoms with Crippen LogP contribution in [0.25, 0.3) is 0 Å². The van der Waals surface area contributed by atoms with Gasteiger partial charge in [-0.3, -0.25) is 4.79 Å². The highest BCUT2D eigenvalue weighted by molar-refractivity contribution is 5.69. The van der Waals surface area contributed by atoms with Gasteiger partial charge in [0, 0.05) is 19.3 Å². The molecule has 0 aromatic rings. The van der Waals surface area contributed by atoms with Crippen molar-refractivity contribution in [3.05, 3.63) is 0 Å². The van der Waals surface area contributed by atoms with E-state index in [2.05, 4.69) is 11.8 Å². The van der Waals surface area contributed by atoms with Crippen molar-refractivity contribution in [2.24, 2.45) is 0 Å². The zero-order valence-corrected chi connectivity index (χ0v) is 8.84. The Hall–Kier alpha value is -0.970. The Morgan fingerprint density at radius 1 is 1.21 bits per heavy atom. The average Bonchev–Trinajstić information content (AvgIpc) is 2.13. The first-order valence-electron chi connectivity index (χ1n) is 5.44. The van der Waals surface area contributed by atoms with Gasteiger partial charge in [0.2, 0.25) is 0 Å². The number of cyclic esters (lactones) is 1. The normalized spacial score (nSPS) is 24.9. The van der Waals surface area contributed by atoms with E-state index in [4.69, 9.17) is 4.74 Å². The van der Waals surface area contributed by atoms with Gasteiger partial charge in [-0.2, -0.15) is 0 Å². The smallest absolute Gasteiger partial charge is 0.306 e. The number of hydrogen-bond acceptors (Lipinski definition) is 2. The third-order valence-electron chi connectivity index (χ3n) is 2.28. The Bertz CT molecular complexity index is 234. The highest BCUT2D eigenvalue weighted by atomic mass is 16.5. The van der Waals surface area contributed by atoms with Gasteiger partial charge in [-0.25, -0.2) is 0 Å². The molecule has 78 valence electrons. The van der Waals surface area contributed by atoms with E-state index in [9.17, 15) is 4.79 Å². The molecule has 2 heteroatoms. The number of esters is 1. The van der Waals surface area contributed by atoms with Crippen LogP contribution in [-0.4, -0.2) is 12.1 Å². The lowest BCUT2D eigenvalue weighted by molar-refractivity contribution is -0.148. The van der Waals surface area contributed by atoms with Crippen LogP contribution in [0.3, 0.4) is 0 Å². The molecule has 0 aliphatic carbocycles. The predicted molar refractivity (Wildman–Crippen MR) is 55.6 cm³/mol. The molecule has 14 heavy (non-hydrogen) atoms. The Balaban J connectivity index is 2.40. The second-order valence-electron chi connectivity index (χ2n) is 3.77. The molecule has 0 amide bonds. The van der Waals surface area contributed by atoms with Crippen molar-refractivity contribution in [3.8, 4) is 11.8 Å². The molecule has 0 N–H and O–H groups in total. The van der Waals surface area contributed by atoms with Crippen LogP contribution in [0, 0.1) is 11.8 Å². The number of hydrogen-bond donors (Lipinski definition) is 0. The minimum Gasteiger partial charge on any atom is -0.462 e. The van der Waals surface area contributed by atoms with Gasteiger partial charge in [-0.15, -0.1) is 5.92 Å². The van der Waals surface area contributed by atoms with E-state index in [1.165, 1.54) is 6.42 Å². The molecule has 0 saturated heterocycles. The first kappa shape index (κ1) is 11.1. The lowest BCUT2D eigenvalue weighted by atomic mass is 10.1. The van der Waals surface area contributed by atoms with Gasteiger partial charge < -0.3 is 4.74 Å². The molecule has 2 nitrogen and oxygen atoms in total. The van der Waals surface area contributed by atoms with Crippen LogP contribution in [-0.2, 0) is 9.53 Å². The van der Waals surface area contributed by atoms with E-state index >= 15 is 0 Å². The maximum absolute atomic E-state index is 11.2. The van der Waals surface area contributed by atoms with Crippen LogP contribution in [0.4, 0.5) is 0 Å². The average molecular weight is 194 g/mol. The van der Waals surface area contributed by atoms with Crippen LogP contribution in [0.2, 0.25) is 0 Å². The van der Waals surface area contributed by atoms with Crippen LogP contribution in [0.15, 0.2) is 0 Å². The number of carbonyl (C=O) groups excluding carboxylic acids is 1. The lowest BCUT2D eigenvalue weighted by Gasteiger charge is -2.10. The molecule has 1 rings (SSSR count). The van der Waals surface area contributed by atoms with E-state index in [-0.39, 0.29) is 12.1 Å². The van der Waals surface area contributed by atoms with Gasteiger partial charge in [-0.05, 0) is 19.8 Å². The third-order valence-corrected chi connectivity index (χ3v) is 2.28. The van der Waals surface area contributed by atoms with Gasteiger partial charge in [0.1, 0.15) is 6.10 Å².